The number of benzene rings is 3. The zero-order valence-corrected chi connectivity index (χ0v) is 17.9. The summed E-state index contributed by atoms with van der Waals surface area (Å²) in [7, 11) is 0. The summed E-state index contributed by atoms with van der Waals surface area (Å²) in [6.45, 7) is 3.96. The molecule has 0 saturated heterocycles. The summed E-state index contributed by atoms with van der Waals surface area (Å²) < 4.78 is 5.79. The molecule has 0 bridgehead atoms. The van der Waals surface area contributed by atoms with E-state index in [1.807, 2.05) is 68.4 Å². The van der Waals surface area contributed by atoms with E-state index >= 15 is 0 Å². The molecule has 2 amide bonds. The number of rotatable bonds is 9. The molecule has 0 aromatic heterocycles. The highest BCUT2D eigenvalue weighted by atomic mass is 16.5. The third kappa shape index (κ3) is 6.06. The van der Waals surface area contributed by atoms with Crippen LogP contribution in [0.2, 0.25) is 0 Å². The lowest BCUT2D eigenvalue weighted by Crippen LogP contribution is -2.35. The zero-order chi connectivity index (χ0) is 22.2. The number of aliphatic hydroxyl groups excluding tert-OH is 1. The highest BCUT2D eigenvalue weighted by Gasteiger charge is 2.21. The van der Waals surface area contributed by atoms with E-state index in [0.717, 1.165) is 16.3 Å². The molecule has 0 unspecified atom stereocenters. The molecule has 2 N–H and O–H groups in total. The topological polar surface area (TPSA) is 78.9 Å². The number of carbonyl (C=O) groups is 2. The van der Waals surface area contributed by atoms with Crippen molar-refractivity contribution < 1.29 is 19.4 Å². The molecule has 0 aliphatic rings. The maximum atomic E-state index is 13.5. The van der Waals surface area contributed by atoms with Crippen LogP contribution in [0.1, 0.15) is 29.8 Å². The van der Waals surface area contributed by atoms with Gasteiger partial charge in [0.2, 0.25) is 0 Å². The lowest BCUT2D eigenvalue weighted by Gasteiger charge is -2.23. The van der Waals surface area contributed by atoms with Crippen molar-refractivity contribution >= 4 is 22.6 Å². The quantitative estimate of drug-likeness (QED) is 0.556. The average Bonchev–Trinajstić information content (AvgIpc) is 2.76. The van der Waals surface area contributed by atoms with E-state index in [1.54, 1.807) is 17.0 Å². The van der Waals surface area contributed by atoms with E-state index in [0.29, 0.717) is 17.9 Å². The Bertz CT molecular complexity index is 1030. The van der Waals surface area contributed by atoms with Crippen LogP contribution in [0.4, 0.5) is 0 Å². The molecule has 0 spiro atoms. The lowest BCUT2D eigenvalue weighted by molar-refractivity contribution is -0.123. The van der Waals surface area contributed by atoms with Crippen molar-refractivity contribution in [2.45, 2.75) is 26.4 Å². The highest BCUT2D eigenvalue weighted by Crippen LogP contribution is 2.28. The third-order valence-corrected chi connectivity index (χ3v) is 4.76. The van der Waals surface area contributed by atoms with Crippen LogP contribution in [0.3, 0.4) is 0 Å². The van der Waals surface area contributed by atoms with Crippen LogP contribution in [0.25, 0.3) is 10.8 Å². The first-order valence-electron chi connectivity index (χ1n) is 10.4. The number of nitrogens with one attached hydrogen (secondary N) is 1. The van der Waals surface area contributed by atoms with Gasteiger partial charge in [0.25, 0.3) is 11.8 Å². The van der Waals surface area contributed by atoms with Gasteiger partial charge in [-0.3, -0.25) is 9.59 Å². The lowest BCUT2D eigenvalue weighted by atomic mass is 10.0. The molecule has 0 aliphatic carbocycles. The maximum Gasteiger partial charge on any atom is 0.258 e. The Kier molecular flexibility index (Phi) is 7.62. The second-order valence-corrected chi connectivity index (χ2v) is 7.64. The van der Waals surface area contributed by atoms with Crippen molar-refractivity contribution in [1.82, 2.24) is 10.2 Å². The monoisotopic (exact) mass is 420 g/mol. The molecular formula is C25H28N2O4. The molecule has 0 fully saturated rings. The van der Waals surface area contributed by atoms with E-state index < -0.39 is 0 Å². The van der Waals surface area contributed by atoms with Crippen molar-refractivity contribution in [2.24, 2.45) is 0 Å². The van der Waals surface area contributed by atoms with Crippen molar-refractivity contribution in [3.05, 3.63) is 77.9 Å². The molecule has 162 valence electrons. The van der Waals surface area contributed by atoms with Crippen LogP contribution >= 0.6 is 0 Å². The first-order chi connectivity index (χ1) is 15.0. The number of amides is 2. The molecule has 0 saturated carbocycles. The summed E-state index contributed by atoms with van der Waals surface area (Å²) in [6.07, 6.45) is 0. The van der Waals surface area contributed by atoms with Crippen LogP contribution in [0.5, 0.6) is 5.75 Å². The molecule has 0 heterocycles. The van der Waals surface area contributed by atoms with Crippen LogP contribution in [-0.2, 0) is 11.3 Å². The summed E-state index contributed by atoms with van der Waals surface area (Å²) in [6, 6.07) is 20.8. The van der Waals surface area contributed by atoms with Crippen LogP contribution in [0.15, 0.2) is 66.7 Å². The van der Waals surface area contributed by atoms with Crippen LogP contribution in [-0.4, -0.2) is 47.6 Å². The molecule has 0 aliphatic heterocycles. The van der Waals surface area contributed by atoms with Crippen molar-refractivity contribution in [3.63, 3.8) is 0 Å². The van der Waals surface area contributed by atoms with Gasteiger partial charge in [0.1, 0.15) is 5.75 Å². The number of hydrogen-bond donors (Lipinski definition) is 2. The fourth-order valence-electron chi connectivity index (χ4n) is 3.36. The van der Waals surface area contributed by atoms with Crippen LogP contribution in [0, 0.1) is 0 Å². The normalized spacial score (nSPS) is 10.8. The van der Waals surface area contributed by atoms with Gasteiger partial charge in [-0.25, -0.2) is 0 Å². The van der Waals surface area contributed by atoms with Gasteiger partial charge in [0, 0.05) is 19.1 Å². The molecule has 0 radical (unpaired) electrons. The number of aliphatic hydroxyl groups is 1. The summed E-state index contributed by atoms with van der Waals surface area (Å²) in [4.78, 5) is 27.1. The number of fused-ring (bicyclic) bond motifs is 1. The van der Waals surface area contributed by atoms with E-state index in [4.69, 9.17) is 4.74 Å². The number of nitrogens with zero attached hydrogens (tertiary/aromatic N) is 1. The molecule has 0 atom stereocenters. The summed E-state index contributed by atoms with van der Waals surface area (Å²) in [5.74, 6) is -0.167. The van der Waals surface area contributed by atoms with Crippen molar-refractivity contribution in [2.75, 3.05) is 19.8 Å². The molecule has 3 aromatic rings. The first kappa shape index (κ1) is 22.3. The van der Waals surface area contributed by atoms with Gasteiger partial charge < -0.3 is 20.1 Å². The Morgan fingerprint density at radius 3 is 2.29 bits per heavy atom. The van der Waals surface area contributed by atoms with Crippen molar-refractivity contribution in [3.8, 4) is 5.75 Å². The predicted molar refractivity (Wildman–Crippen MR) is 121 cm³/mol. The van der Waals surface area contributed by atoms with Gasteiger partial charge in [-0.2, -0.15) is 0 Å². The minimum absolute atomic E-state index is 0.000256. The molecule has 31 heavy (non-hydrogen) atoms. The van der Waals surface area contributed by atoms with Gasteiger partial charge in [-0.05, 0) is 42.3 Å². The summed E-state index contributed by atoms with van der Waals surface area (Å²) >= 11 is 0. The second-order valence-electron chi connectivity index (χ2n) is 7.64. The molecule has 6 nitrogen and oxygen atoms in total. The number of carbonyl (C=O) groups excluding carboxylic acids is 2. The summed E-state index contributed by atoms with van der Waals surface area (Å²) in [5, 5.41) is 14.1. The number of ether oxygens (including phenoxy) is 1. The van der Waals surface area contributed by atoms with Gasteiger partial charge >= 0.3 is 0 Å². The van der Waals surface area contributed by atoms with E-state index in [1.165, 1.54) is 0 Å². The highest BCUT2D eigenvalue weighted by molar-refractivity contribution is 6.01. The molecule has 6 heteroatoms. The third-order valence-electron chi connectivity index (χ3n) is 4.76. The SMILES string of the molecule is CC(C)NC(=O)COc1cc2ccccc2cc1C(=O)N(CCO)Cc1ccccc1. The molecule has 3 aromatic carbocycles. The van der Waals surface area contributed by atoms with Gasteiger partial charge in [0.15, 0.2) is 6.61 Å². The molecule has 3 rings (SSSR count). The second kappa shape index (κ2) is 10.6. The average molecular weight is 421 g/mol. The van der Waals surface area contributed by atoms with Gasteiger partial charge in [-0.15, -0.1) is 0 Å². The maximum absolute atomic E-state index is 13.5. The zero-order valence-electron chi connectivity index (χ0n) is 17.9. The largest absolute Gasteiger partial charge is 0.483 e. The minimum atomic E-state index is -0.261. The fraction of sp³-hybridized carbons (Fsp3) is 0.280. The Morgan fingerprint density at radius 2 is 1.65 bits per heavy atom. The smallest absolute Gasteiger partial charge is 0.258 e. The Balaban J connectivity index is 1.92. The number of hydrogen-bond acceptors (Lipinski definition) is 4. The Hall–Kier alpha value is -3.38. The van der Waals surface area contributed by atoms with Crippen molar-refractivity contribution in [1.29, 1.82) is 0 Å². The van der Waals surface area contributed by atoms with Gasteiger partial charge in [-0.1, -0.05) is 54.6 Å². The van der Waals surface area contributed by atoms with E-state index in [9.17, 15) is 14.7 Å². The standard InChI is InChI=1S/C25H28N2O4/c1-18(2)26-24(29)17-31-23-15-21-11-7-6-10-20(21)14-22(23)25(30)27(12-13-28)16-19-8-4-3-5-9-19/h3-11,14-15,18,28H,12-13,16-17H2,1-2H3,(H,26,29). The Morgan fingerprint density at radius 1 is 1.00 bits per heavy atom. The Labute approximate surface area is 182 Å². The van der Waals surface area contributed by atoms with E-state index in [-0.39, 0.29) is 37.6 Å². The fourth-order valence-corrected chi connectivity index (χ4v) is 3.36. The van der Waals surface area contributed by atoms with Gasteiger partial charge in [0.05, 0.1) is 12.2 Å². The minimum Gasteiger partial charge on any atom is -0.483 e. The first-order valence-corrected chi connectivity index (χ1v) is 10.4. The van der Waals surface area contributed by atoms with E-state index in [2.05, 4.69) is 5.32 Å². The summed E-state index contributed by atoms with van der Waals surface area (Å²) in [5.41, 5.74) is 1.32. The van der Waals surface area contributed by atoms with Crippen LogP contribution < -0.4 is 10.1 Å². The molecular weight excluding hydrogens is 392 g/mol. The predicted octanol–water partition coefficient (Wildman–Crippen LogP) is 3.38.